The number of benzene rings is 4. The maximum absolute atomic E-state index is 12.8. The Bertz CT molecular complexity index is 1430. The molecule has 3 amide bonds. The van der Waals surface area contributed by atoms with E-state index in [2.05, 4.69) is 10.6 Å². The van der Waals surface area contributed by atoms with Crippen LogP contribution in [0, 0.1) is 0 Å². The quantitative estimate of drug-likeness (QED) is 0.301. The van der Waals surface area contributed by atoms with Crippen molar-refractivity contribution in [1.82, 2.24) is 0 Å². The van der Waals surface area contributed by atoms with E-state index in [1.165, 1.54) is 24.3 Å². The van der Waals surface area contributed by atoms with E-state index in [0.717, 1.165) is 0 Å². The van der Waals surface area contributed by atoms with Gasteiger partial charge in [-0.25, -0.2) is 0 Å². The number of nitrogens with one attached hydrogen (secondary N) is 2. The predicted octanol–water partition coefficient (Wildman–Crippen LogP) is 3.78. The highest BCUT2D eigenvalue weighted by Crippen LogP contribution is 2.31. The number of phenols is 2. The molecule has 0 radical (unpaired) electrons. The maximum Gasteiger partial charge on any atom is 0.259 e. The zero-order valence-corrected chi connectivity index (χ0v) is 17.9. The number of amides is 3. The Hall–Kier alpha value is -4.85. The van der Waals surface area contributed by atoms with Crippen molar-refractivity contribution in [2.24, 2.45) is 5.73 Å². The van der Waals surface area contributed by atoms with Crippen LogP contribution in [-0.2, 0) is 11.2 Å². The molecule has 34 heavy (non-hydrogen) atoms. The van der Waals surface area contributed by atoms with Gasteiger partial charge in [-0.1, -0.05) is 30.3 Å². The molecule has 0 aliphatic rings. The summed E-state index contributed by atoms with van der Waals surface area (Å²) in [5, 5.41) is 26.7. The van der Waals surface area contributed by atoms with Crippen LogP contribution in [0.1, 0.15) is 26.3 Å². The van der Waals surface area contributed by atoms with E-state index in [4.69, 9.17) is 5.73 Å². The Labute approximate surface area is 194 Å². The number of nitrogens with two attached hydrogens (primary N) is 1. The largest absolute Gasteiger partial charge is 0.507 e. The third-order valence-electron chi connectivity index (χ3n) is 5.16. The number of primary amides is 1. The van der Waals surface area contributed by atoms with Crippen LogP contribution in [-0.4, -0.2) is 27.9 Å². The van der Waals surface area contributed by atoms with Crippen LogP contribution in [0.25, 0.3) is 10.8 Å². The maximum atomic E-state index is 12.8. The molecule has 0 saturated heterocycles. The van der Waals surface area contributed by atoms with Crippen LogP contribution in [0.5, 0.6) is 11.5 Å². The zero-order chi connectivity index (χ0) is 24.2. The number of phenolic OH excluding ortho intramolecular Hbond substituents is 2. The van der Waals surface area contributed by atoms with Gasteiger partial charge in [0.1, 0.15) is 11.5 Å². The molecule has 0 heterocycles. The Morgan fingerprint density at radius 3 is 2.18 bits per heavy atom. The number of carbonyl (C=O) groups is 3. The van der Waals surface area contributed by atoms with Gasteiger partial charge in [0.15, 0.2) is 0 Å². The van der Waals surface area contributed by atoms with Gasteiger partial charge in [0, 0.05) is 22.3 Å². The normalized spacial score (nSPS) is 10.6. The monoisotopic (exact) mass is 455 g/mol. The molecule has 8 heteroatoms. The second kappa shape index (κ2) is 9.33. The lowest BCUT2D eigenvalue weighted by atomic mass is 10.0. The number of carbonyl (C=O) groups excluding carboxylic acids is 3. The van der Waals surface area contributed by atoms with Crippen LogP contribution in [0.2, 0.25) is 0 Å². The number of anilines is 2. The number of hydrogen-bond acceptors (Lipinski definition) is 5. The first kappa shape index (κ1) is 22.3. The SMILES string of the molecule is NC(=O)Cc1cccc(NC(=O)c2cccc(NC(=O)c3cc4cccc(O)c4cc3O)c2)c1. The molecule has 4 aromatic carbocycles. The molecule has 4 rings (SSSR count). The van der Waals surface area contributed by atoms with Gasteiger partial charge in [-0.15, -0.1) is 0 Å². The van der Waals surface area contributed by atoms with Gasteiger partial charge in [0.25, 0.3) is 11.8 Å². The van der Waals surface area contributed by atoms with Gasteiger partial charge in [0.05, 0.1) is 12.0 Å². The van der Waals surface area contributed by atoms with E-state index in [-0.39, 0.29) is 23.5 Å². The molecular weight excluding hydrogens is 434 g/mol. The highest BCUT2D eigenvalue weighted by molar-refractivity contribution is 6.10. The highest BCUT2D eigenvalue weighted by atomic mass is 16.3. The van der Waals surface area contributed by atoms with Crippen molar-refractivity contribution in [1.29, 1.82) is 0 Å². The van der Waals surface area contributed by atoms with Crippen molar-refractivity contribution in [2.45, 2.75) is 6.42 Å². The number of aromatic hydroxyl groups is 2. The van der Waals surface area contributed by atoms with Gasteiger partial charge in [-0.2, -0.15) is 0 Å². The molecule has 0 aromatic heterocycles. The van der Waals surface area contributed by atoms with E-state index in [1.807, 2.05) is 0 Å². The predicted molar refractivity (Wildman–Crippen MR) is 129 cm³/mol. The van der Waals surface area contributed by atoms with E-state index in [1.54, 1.807) is 54.6 Å². The average molecular weight is 455 g/mol. The molecule has 170 valence electrons. The molecule has 0 saturated carbocycles. The second-order valence-electron chi connectivity index (χ2n) is 7.70. The molecule has 0 aliphatic carbocycles. The van der Waals surface area contributed by atoms with E-state index in [9.17, 15) is 24.6 Å². The minimum absolute atomic E-state index is 0.00126. The summed E-state index contributed by atoms with van der Waals surface area (Å²) >= 11 is 0. The molecule has 0 unspecified atom stereocenters. The summed E-state index contributed by atoms with van der Waals surface area (Å²) in [5.41, 5.74) is 7.08. The summed E-state index contributed by atoms with van der Waals surface area (Å²) in [4.78, 5) is 36.6. The minimum atomic E-state index is -0.570. The number of fused-ring (bicyclic) bond motifs is 1. The summed E-state index contributed by atoms with van der Waals surface area (Å²) < 4.78 is 0. The third-order valence-corrected chi connectivity index (χ3v) is 5.16. The Balaban J connectivity index is 1.51. The van der Waals surface area contributed by atoms with Crippen molar-refractivity contribution < 1.29 is 24.6 Å². The first-order valence-electron chi connectivity index (χ1n) is 10.3. The summed E-state index contributed by atoms with van der Waals surface area (Å²) in [6, 6.07) is 20.8. The smallest absolute Gasteiger partial charge is 0.259 e. The van der Waals surface area contributed by atoms with Crippen molar-refractivity contribution in [3.8, 4) is 11.5 Å². The molecule has 6 N–H and O–H groups in total. The van der Waals surface area contributed by atoms with E-state index < -0.39 is 17.7 Å². The van der Waals surface area contributed by atoms with Crippen molar-refractivity contribution in [3.63, 3.8) is 0 Å². The Morgan fingerprint density at radius 1 is 0.735 bits per heavy atom. The molecule has 8 nitrogen and oxygen atoms in total. The molecule has 4 aromatic rings. The first-order chi connectivity index (χ1) is 16.3. The lowest BCUT2D eigenvalue weighted by Crippen LogP contribution is -2.16. The standard InChI is InChI=1S/C26H21N3O5/c27-24(32)11-15-4-1-7-18(10-15)28-25(33)17-6-2-8-19(12-17)29-26(34)21-13-16-5-3-9-22(30)20(16)14-23(21)31/h1-10,12-14,30-31H,11H2,(H2,27,32)(H,28,33)(H,29,34). The molecule has 0 fully saturated rings. The summed E-state index contributed by atoms with van der Waals surface area (Å²) in [5.74, 6) is -1.73. The van der Waals surface area contributed by atoms with Gasteiger partial charge in [0.2, 0.25) is 5.91 Å². The lowest BCUT2D eigenvalue weighted by Gasteiger charge is -2.11. The van der Waals surface area contributed by atoms with E-state index >= 15 is 0 Å². The van der Waals surface area contributed by atoms with Crippen molar-refractivity contribution in [3.05, 3.63) is 95.6 Å². The topological polar surface area (TPSA) is 142 Å². The fraction of sp³-hybridized carbons (Fsp3) is 0.0385. The van der Waals surface area contributed by atoms with Crippen LogP contribution in [0.15, 0.2) is 78.9 Å². The summed E-state index contributed by atoms with van der Waals surface area (Å²) in [7, 11) is 0. The van der Waals surface area contributed by atoms with Gasteiger partial charge < -0.3 is 26.6 Å². The zero-order valence-electron chi connectivity index (χ0n) is 17.9. The number of rotatable bonds is 6. The van der Waals surface area contributed by atoms with Crippen molar-refractivity contribution >= 4 is 39.9 Å². The third kappa shape index (κ3) is 4.97. The first-order valence-corrected chi connectivity index (χ1v) is 10.3. The van der Waals surface area contributed by atoms with Gasteiger partial charge in [-0.05, 0) is 59.5 Å². The molecule has 0 bridgehead atoms. The molecule has 0 atom stereocenters. The molecular formula is C26H21N3O5. The Kier molecular flexibility index (Phi) is 6.13. The fourth-order valence-corrected chi connectivity index (χ4v) is 3.58. The molecule has 0 aliphatic heterocycles. The van der Waals surface area contributed by atoms with Crippen LogP contribution >= 0.6 is 0 Å². The second-order valence-corrected chi connectivity index (χ2v) is 7.70. The number of hydrogen-bond donors (Lipinski definition) is 5. The van der Waals surface area contributed by atoms with Crippen molar-refractivity contribution in [2.75, 3.05) is 10.6 Å². The Morgan fingerprint density at radius 2 is 1.41 bits per heavy atom. The van der Waals surface area contributed by atoms with E-state index in [0.29, 0.717) is 33.3 Å². The van der Waals surface area contributed by atoms with Gasteiger partial charge >= 0.3 is 0 Å². The van der Waals surface area contributed by atoms with Crippen LogP contribution in [0.4, 0.5) is 11.4 Å². The lowest BCUT2D eigenvalue weighted by molar-refractivity contribution is -0.117. The summed E-state index contributed by atoms with van der Waals surface area (Å²) in [6.07, 6.45) is 0.0620. The average Bonchev–Trinajstić information content (AvgIpc) is 2.79. The molecule has 0 spiro atoms. The minimum Gasteiger partial charge on any atom is -0.507 e. The highest BCUT2D eigenvalue weighted by Gasteiger charge is 2.15. The van der Waals surface area contributed by atoms with Gasteiger partial charge in [-0.3, -0.25) is 14.4 Å². The summed E-state index contributed by atoms with van der Waals surface area (Å²) in [6.45, 7) is 0. The fourth-order valence-electron chi connectivity index (χ4n) is 3.58. The van der Waals surface area contributed by atoms with Crippen LogP contribution in [0.3, 0.4) is 0 Å². The van der Waals surface area contributed by atoms with Crippen LogP contribution < -0.4 is 16.4 Å².